The van der Waals surface area contributed by atoms with Crippen LogP contribution in [0.5, 0.6) is 0 Å². The van der Waals surface area contributed by atoms with Gasteiger partial charge < -0.3 is 10.8 Å². The third-order valence-corrected chi connectivity index (χ3v) is 4.45. The van der Waals surface area contributed by atoms with E-state index in [1.807, 2.05) is 0 Å². The Morgan fingerprint density at radius 3 is 2.88 bits per heavy atom. The van der Waals surface area contributed by atoms with Crippen molar-refractivity contribution in [3.05, 3.63) is 6.20 Å². The van der Waals surface area contributed by atoms with E-state index in [-0.39, 0.29) is 22.7 Å². The van der Waals surface area contributed by atoms with Gasteiger partial charge >= 0.3 is 0 Å². The number of hydrogen-bond acceptors (Lipinski definition) is 5. The molecule has 96 valence electrons. The number of anilines is 1. The van der Waals surface area contributed by atoms with Gasteiger partial charge in [0.25, 0.3) is 0 Å². The quantitative estimate of drug-likeness (QED) is 0.577. The predicted molar refractivity (Wildman–Crippen MR) is 61.5 cm³/mol. The fourth-order valence-electron chi connectivity index (χ4n) is 2.04. The minimum Gasteiger partial charge on any atom is -0.393 e. The zero-order valence-electron chi connectivity index (χ0n) is 9.26. The topological polar surface area (TPSA) is 121 Å². The Labute approximate surface area is 99.5 Å². The van der Waals surface area contributed by atoms with Crippen LogP contribution in [0, 0.1) is 5.92 Å². The monoisotopic (exact) mass is 260 g/mol. The molecule has 17 heavy (non-hydrogen) atoms. The van der Waals surface area contributed by atoms with Crippen molar-refractivity contribution < 1.29 is 13.5 Å². The molecule has 2 unspecified atom stereocenters. The lowest BCUT2D eigenvalue weighted by Crippen LogP contribution is -2.29. The van der Waals surface area contributed by atoms with Crippen LogP contribution in [0.4, 0.5) is 5.82 Å². The summed E-state index contributed by atoms with van der Waals surface area (Å²) in [5, 5.41) is 15.3. The Bertz CT molecular complexity index is 484. The van der Waals surface area contributed by atoms with Crippen LogP contribution in [0.15, 0.2) is 11.1 Å². The fraction of sp³-hybridized carbons (Fsp3) is 0.667. The number of H-pyrrole nitrogens is 1. The first-order chi connectivity index (χ1) is 7.99. The van der Waals surface area contributed by atoms with Crippen molar-refractivity contribution in [2.24, 2.45) is 5.92 Å². The number of aromatic amines is 1. The van der Waals surface area contributed by atoms with E-state index in [4.69, 9.17) is 5.73 Å². The number of sulfonamides is 1. The summed E-state index contributed by atoms with van der Waals surface area (Å²) in [7, 11) is -3.60. The summed E-state index contributed by atoms with van der Waals surface area (Å²) in [5.74, 6) is 0.219. The summed E-state index contributed by atoms with van der Waals surface area (Å²) in [5.41, 5.74) is 5.46. The highest BCUT2D eigenvalue weighted by molar-refractivity contribution is 7.89. The molecule has 0 aromatic carbocycles. The van der Waals surface area contributed by atoms with Crippen molar-refractivity contribution in [2.45, 2.75) is 30.3 Å². The van der Waals surface area contributed by atoms with Gasteiger partial charge in [0.1, 0.15) is 10.7 Å². The molecule has 0 spiro atoms. The van der Waals surface area contributed by atoms with E-state index in [9.17, 15) is 13.5 Å². The first-order valence-corrected chi connectivity index (χ1v) is 6.94. The maximum Gasteiger partial charge on any atom is 0.245 e. The van der Waals surface area contributed by atoms with Gasteiger partial charge in [0.05, 0.1) is 12.3 Å². The van der Waals surface area contributed by atoms with Gasteiger partial charge in [0.15, 0.2) is 0 Å². The second kappa shape index (κ2) is 4.63. The molecule has 0 radical (unpaired) electrons. The van der Waals surface area contributed by atoms with Crippen LogP contribution < -0.4 is 10.5 Å². The summed E-state index contributed by atoms with van der Waals surface area (Å²) >= 11 is 0. The SMILES string of the molecule is Nc1[nH]ncc1S(=O)(=O)NCC1CCC(O)C1. The molecule has 0 bridgehead atoms. The van der Waals surface area contributed by atoms with Crippen molar-refractivity contribution in [2.75, 3.05) is 12.3 Å². The van der Waals surface area contributed by atoms with E-state index in [1.165, 1.54) is 6.20 Å². The van der Waals surface area contributed by atoms with E-state index in [2.05, 4.69) is 14.9 Å². The van der Waals surface area contributed by atoms with Crippen LogP contribution in [0.25, 0.3) is 0 Å². The standard InChI is InChI=1S/C9H16N4O3S/c10-9-8(5-11-13-9)17(15,16)12-4-6-1-2-7(14)3-6/h5-7,12,14H,1-4H2,(H3,10,11,13). The van der Waals surface area contributed by atoms with Crippen LogP contribution in [0.2, 0.25) is 0 Å². The molecule has 0 saturated heterocycles. The summed E-state index contributed by atoms with van der Waals surface area (Å²) in [6.45, 7) is 0.323. The van der Waals surface area contributed by atoms with E-state index in [0.717, 1.165) is 12.8 Å². The molecule has 8 heteroatoms. The number of aromatic nitrogens is 2. The predicted octanol–water partition coefficient (Wildman–Crippen LogP) is -0.569. The van der Waals surface area contributed by atoms with Crippen molar-refractivity contribution in [1.29, 1.82) is 0 Å². The molecular formula is C9H16N4O3S. The van der Waals surface area contributed by atoms with Crippen molar-refractivity contribution >= 4 is 15.8 Å². The zero-order chi connectivity index (χ0) is 12.5. The van der Waals surface area contributed by atoms with E-state index >= 15 is 0 Å². The highest BCUT2D eigenvalue weighted by atomic mass is 32.2. The van der Waals surface area contributed by atoms with Crippen molar-refractivity contribution in [1.82, 2.24) is 14.9 Å². The number of nitrogens with zero attached hydrogens (tertiary/aromatic N) is 1. The van der Waals surface area contributed by atoms with Crippen LogP contribution in [0.1, 0.15) is 19.3 Å². The smallest absolute Gasteiger partial charge is 0.245 e. The molecule has 5 N–H and O–H groups in total. The molecule has 1 aliphatic carbocycles. The zero-order valence-corrected chi connectivity index (χ0v) is 10.1. The molecular weight excluding hydrogens is 244 g/mol. The molecule has 2 atom stereocenters. The number of rotatable bonds is 4. The second-order valence-electron chi connectivity index (χ2n) is 4.33. The fourth-order valence-corrected chi connectivity index (χ4v) is 3.18. The van der Waals surface area contributed by atoms with E-state index in [1.54, 1.807) is 0 Å². The normalized spacial score (nSPS) is 25.2. The summed E-state index contributed by atoms with van der Waals surface area (Å²) < 4.78 is 26.2. The van der Waals surface area contributed by atoms with Crippen LogP contribution in [0.3, 0.4) is 0 Å². The maximum absolute atomic E-state index is 11.8. The van der Waals surface area contributed by atoms with Gasteiger partial charge in [-0.3, -0.25) is 5.10 Å². The third-order valence-electron chi connectivity index (χ3n) is 3.00. The summed E-state index contributed by atoms with van der Waals surface area (Å²) in [6.07, 6.45) is 3.10. The molecule has 2 rings (SSSR count). The highest BCUT2D eigenvalue weighted by Crippen LogP contribution is 2.25. The minimum absolute atomic E-state index is 0.0314. The molecule has 1 aliphatic rings. The van der Waals surface area contributed by atoms with Crippen molar-refractivity contribution in [3.63, 3.8) is 0 Å². The highest BCUT2D eigenvalue weighted by Gasteiger charge is 2.25. The van der Waals surface area contributed by atoms with Crippen LogP contribution in [-0.2, 0) is 10.0 Å². The Balaban J connectivity index is 1.97. The van der Waals surface area contributed by atoms with E-state index in [0.29, 0.717) is 13.0 Å². The number of nitrogens with two attached hydrogens (primary N) is 1. The number of nitrogen functional groups attached to an aromatic ring is 1. The lowest BCUT2D eigenvalue weighted by Gasteiger charge is -2.10. The molecule has 7 nitrogen and oxygen atoms in total. The minimum atomic E-state index is -3.60. The molecule has 1 saturated carbocycles. The Hall–Kier alpha value is -1.12. The van der Waals surface area contributed by atoms with Gasteiger partial charge in [-0.15, -0.1) is 0 Å². The lowest BCUT2D eigenvalue weighted by atomic mass is 10.1. The number of hydrogen-bond donors (Lipinski definition) is 4. The molecule has 1 aromatic rings. The lowest BCUT2D eigenvalue weighted by molar-refractivity contribution is 0.178. The van der Waals surface area contributed by atoms with Crippen molar-refractivity contribution in [3.8, 4) is 0 Å². The van der Waals surface area contributed by atoms with Crippen LogP contribution in [-0.4, -0.2) is 36.4 Å². The van der Waals surface area contributed by atoms with Gasteiger partial charge in [0, 0.05) is 6.54 Å². The van der Waals surface area contributed by atoms with Gasteiger partial charge in [-0.25, -0.2) is 13.1 Å². The molecule has 1 fully saturated rings. The summed E-state index contributed by atoms with van der Waals surface area (Å²) in [6, 6.07) is 0. The first kappa shape index (κ1) is 12.3. The molecule has 1 heterocycles. The number of nitrogens with one attached hydrogen (secondary N) is 2. The molecule has 1 aromatic heterocycles. The maximum atomic E-state index is 11.8. The molecule has 0 aliphatic heterocycles. The van der Waals surface area contributed by atoms with Gasteiger partial charge in [-0.2, -0.15) is 5.10 Å². The Morgan fingerprint density at radius 2 is 2.35 bits per heavy atom. The summed E-state index contributed by atoms with van der Waals surface area (Å²) in [4.78, 5) is -0.0314. The average Bonchev–Trinajstić information content (AvgIpc) is 2.85. The number of aliphatic hydroxyl groups is 1. The Kier molecular flexibility index (Phi) is 3.36. The Morgan fingerprint density at radius 1 is 1.59 bits per heavy atom. The number of aliphatic hydroxyl groups excluding tert-OH is 1. The second-order valence-corrected chi connectivity index (χ2v) is 6.07. The van der Waals surface area contributed by atoms with Gasteiger partial charge in [0.2, 0.25) is 10.0 Å². The van der Waals surface area contributed by atoms with Crippen LogP contribution >= 0.6 is 0 Å². The van der Waals surface area contributed by atoms with Gasteiger partial charge in [-0.05, 0) is 25.2 Å². The third kappa shape index (κ3) is 2.76. The molecule has 0 amide bonds. The van der Waals surface area contributed by atoms with E-state index < -0.39 is 10.0 Å². The largest absolute Gasteiger partial charge is 0.393 e. The van der Waals surface area contributed by atoms with Gasteiger partial charge in [-0.1, -0.05) is 0 Å². The average molecular weight is 260 g/mol. The first-order valence-electron chi connectivity index (χ1n) is 5.45.